The molecule has 0 heterocycles. The van der Waals surface area contributed by atoms with Crippen LogP contribution in [0.15, 0.2) is 60.7 Å². The van der Waals surface area contributed by atoms with Crippen LogP contribution in [0.5, 0.6) is 0 Å². The number of carboxylic acids is 4. The fraction of sp³-hybridized carbons (Fsp3) is 0.273. The highest BCUT2D eigenvalue weighted by atomic mass is 16.4. The van der Waals surface area contributed by atoms with Crippen molar-refractivity contribution in [3.8, 4) is 0 Å². The molecular weight excluding hydrogens is 392 g/mol. The van der Waals surface area contributed by atoms with Crippen molar-refractivity contribution in [3.05, 3.63) is 71.8 Å². The topological polar surface area (TPSA) is 149 Å². The molecule has 2 atom stereocenters. The van der Waals surface area contributed by atoms with Crippen molar-refractivity contribution in [3.63, 3.8) is 0 Å². The van der Waals surface area contributed by atoms with E-state index in [0.29, 0.717) is 24.0 Å². The summed E-state index contributed by atoms with van der Waals surface area (Å²) in [5.41, 5.74) is 0.662. The van der Waals surface area contributed by atoms with Crippen LogP contribution in [-0.4, -0.2) is 44.3 Å². The van der Waals surface area contributed by atoms with Gasteiger partial charge in [-0.25, -0.2) is 9.59 Å². The van der Waals surface area contributed by atoms with Gasteiger partial charge in [-0.2, -0.15) is 0 Å². The lowest BCUT2D eigenvalue weighted by Gasteiger charge is -2.24. The number of carboxylic acid groups (broad SMARTS) is 4. The number of hydrogen-bond donors (Lipinski definition) is 4. The molecule has 30 heavy (non-hydrogen) atoms. The molecule has 4 N–H and O–H groups in total. The lowest BCUT2D eigenvalue weighted by molar-refractivity contribution is -0.155. The van der Waals surface area contributed by atoms with Crippen molar-refractivity contribution in [2.45, 2.75) is 25.7 Å². The van der Waals surface area contributed by atoms with E-state index in [1.54, 1.807) is 60.7 Å². The zero-order valence-corrected chi connectivity index (χ0v) is 16.2. The van der Waals surface area contributed by atoms with E-state index in [9.17, 15) is 19.2 Å². The first-order valence-corrected chi connectivity index (χ1v) is 9.26. The van der Waals surface area contributed by atoms with Crippen LogP contribution >= 0.6 is 0 Å². The third-order valence-electron chi connectivity index (χ3n) is 4.44. The van der Waals surface area contributed by atoms with Crippen molar-refractivity contribution in [2.24, 2.45) is 11.8 Å². The standard InChI is InChI=1S/C8H12O4.2C7H6O2/c9-7(10)5-3-1-2-4-6(5)8(11)12;2*8-7(9)6-4-2-1-3-5-6/h5-6H,1-4H2,(H,9,10)(H,11,12);2*1-5H,(H,8,9). The van der Waals surface area contributed by atoms with Gasteiger partial charge < -0.3 is 20.4 Å². The minimum absolute atomic E-state index is 0.331. The Kier molecular flexibility index (Phi) is 10.3. The summed E-state index contributed by atoms with van der Waals surface area (Å²) in [6, 6.07) is 16.6. The maximum absolute atomic E-state index is 10.6. The third kappa shape index (κ3) is 8.55. The quantitative estimate of drug-likeness (QED) is 0.589. The molecule has 0 radical (unpaired) electrons. The van der Waals surface area contributed by atoms with E-state index in [-0.39, 0.29) is 0 Å². The summed E-state index contributed by atoms with van der Waals surface area (Å²) in [6.07, 6.45) is 2.68. The highest BCUT2D eigenvalue weighted by Gasteiger charge is 2.35. The van der Waals surface area contributed by atoms with Gasteiger partial charge in [0.15, 0.2) is 0 Å². The van der Waals surface area contributed by atoms with Gasteiger partial charge in [-0.3, -0.25) is 9.59 Å². The van der Waals surface area contributed by atoms with Crippen LogP contribution in [0.4, 0.5) is 0 Å². The van der Waals surface area contributed by atoms with Gasteiger partial charge in [-0.1, -0.05) is 49.2 Å². The monoisotopic (exact) mass is 416 g/mol. The highest BCUT2D eigenvalue weighted by molar-refractivity contribution is 5.87. The zero-order valence-electron chi connectivity index (χ0n) is 16.2. The Morgan fingerprint density at radius 1 is 0.567 bits per heavy atom. The van der Waals surface area contributed by atoms with Crippen LogP contribution in [0.25, 0.3) is 0 Å². The molecule has 0 aromatic heterocycles. The number of benzene rings is 2. The van der Waals surface area contributed by atoms with Crippen LogP contribution in [-0.2, 0) is 9.59 Å². The van der Waals surface area contributed by atoms with E-state index in [1.807, 2.05) is 0 Å². The first-order valence-electron chi connectivity index (χ1n) is 9.26. The fourth-order valence-electron chi connectivity index (χ4n) is 2.88. The number of carbonyl (C=O) groups is 4. The Morgan fingerprint density at radius 2 is 0.867 bits per heavy atom. The second kappa shape index (κ2) is 12.7. The van der Waals surface area contributed by atoms with Crippen LogP contribution in [0, 0.1) is 11.8 Å². The lowest BCUT2D eigenvalue weighted by atomic mass is 9.79. The van der Waals surface area contributed by atoms with Crippen LogP contribution < -0.4 is 0 Å². The third-order valence-corrected chi connectivity index (χ3v) is 4.44. The van der Waals surface area contributed by atoms with Crippen LogP contribution in [0.2, 0.25) is 0 Å². The average Bonchev–Trinajstić information content (AvgIpc) is 2.75. The summed E-state index contributed by atoms with van der Waals surface area (Å²) < 4.78 is 0. The first kappa shape index (κ1) is 24.4. The molecule has 2 unspecified atom stereocenters. The minimum atomic E-state index is -0.970. The average molecular weight is 416 g/mol. The van der Waals surface area contributed by atoms with Crippen molar-refractivity contribution in [1.82, 2.24) is 0 Å². The van der Waals surface area contributed by atoms with Crippen molar-refractivity contribution >= 4 is 23.9 Å². The molecule has 0 spiro atoms. The summed E-state index contributed by atoms with van der Waals surface area (Å²) in [7, 11) is 0. The molecule has 1 aliphatic carbocycles. The largest absolute Gasteiger partial charge is 0.481 e. The van der Waals surface area contributed by atoms with E-state index in [0.717, 1.165) is 12.8 Å². The molecule has 0 bridgehead atoms. The normalized spacial score (nSPS) is 17.2. The molecule has 8 heteroatoms. The molecule has 0 saturated heterocycles. The van der Waals surface area contributed by atoms with Gasteiger partial charge in [0.25, 0.3) is 0 Å². The highest BCUT2D eigenvalue weighted by Crippen LogP contribution is 2.30. The molecule has 0 amide bonds. The zero-order chi connectivity index (χ0) is 22.5. The number of hydrogen-bond acceptors (Lipinski definition) is 4. The summed E-state index contributed by atoms with van der Waals surface area (Å²) in [4.78, 5) is 41.6. The number of aromatic carboxylic acids is 2. The molecule has 160 valence electrons. The van der Waals surface area contributed by atoms with Gasteiger partial charge in [-0.05, 0) is 37.1 Å². The van der Waals surface area contributed by atoms with E-state index in [2.05, 4.69) is 0 Å². The second-order valence-corrected chi connectivity index (χ2v) is 6.52. The Balaban J connectivity index is 0.000000229. The maximum atomic E-state index is 10.6. The summed E-state index contributed by atoms with van der Waals surface area (Å²) in [6.45, 7) is 0. The Morgan fingerprint density at radius 3 is 1.07 bits per heavy atom. The van der Waals surface area contributed by atoms with Crippen molar-refractivity contribution in [2.75, 3.05) is 0 Å². The Bertz CT molecular complexity index is 761. The van der Waals surface area contributed by atoms with Crippen LogP contribution in [0.1, 0.15) is 46.4 Å². The molecule has 2 aromatic rings. The summed E-state index contributed by atoms with van der Waals surface area (Å²) >= 11 is 0. The molecule has 0 aliphatic heterocycles. The molecule has 1 aliphatic rings. The molecule has 1 saturated carbocycles. The van der Waals surface area contributed by atoms with Gasteiger partial charge in [0.1, 0.15) is 0 Å². The van der Waals surface area contributed by atoms with Gasteiger partial charge in [0.2, 0.25) is 0 Å². The number of aliphatic carboxylic acids is 2. The first-order chi connectivity index (χ1) is 14.2. The lowest BCUT2D eigenvalue weighted by Crippen LogP contribution is -2.32. The SMILES string of the molecule is O=C(O)C1CCCCC1C(=O)O.O=C(O)c1ccccc1.O=C(O)c1ccccc1. The summed E-state index contributed by atoms with van der Waals surface area (Å²) in [5.74, 6) is -5.04. The van der Waals surface area contributed by atoms with Gasteiger partial charge in [0.05, 0.1) is 23.0 Å². The summed E-state index contributed by atoms with van der Waals surface area (Å²) in [5, 5.41) is 34.2. The van der Waals surface area contributed by atoms with Crippen molar-refractivity contribution < 1.29 is 39.6 Å². The smallest absolute Gasteiger partial charge is 0.335 e. The van der Waals surface area contributed by atoms with E-state index < -0.39 is 35.7 Å². The fourth-order valence-corrected chi connectivity index (χ4v) is 2.88. The molecule has 1 fully saturated rings. The maximum Gasteiger partial charge on any atom is 0.335 e. The van der Waals surface area contributed by atoms with Crippen LogP contribution in [0.3, 0.4) is 0 Å². The van der Waals surface area contributed by atoms with Gasteiger partial charge >= 0.3 is 23.9 Å². The predicted octanol–water partition coefficient (Wildman–Crippen LogP) is 3.73. The Labute approximate surface area is 173 Å². The van der Waals surface area contributed by atoms with Gasteiger partial charge in [-0.15, -0.1) is 0 Å². The molecule has 2 aromatic carbocycles. The molecule has 3 rings (SSSR count). The molecule has 8 nitrogen and oxygen atoms in total. The second-order valence-electron chi connectivity index (χ2n) is 6.52. The minimum Gasteiger partial charge on any atom is -0.481 e. The van der Waals surface area contributed by atoms with E-state index in [4.69, 9.17) is 20.4 Å². The predicted molar refractivity (Wildman–Crippen MR) is 108 cm³/mol. The van der Waals surface area contributed by atoms with E-state index >= 15 is 0 Å². The Hall–Kier alpha value is -3.68. The van der Waals surface area contributed by atoms with E-state index in [1.165, 1.54) is 0 Å². The van der Waals surface area contributed by atoms with Gasteiger partial charge in [0, 0.05) is 0 Å². The number of rotatable bonds is 4. The molecular formula is C22H24O8. The van der Waals surface area contributed by atoms with Crippen molar-refractivity contribution in [1.29, 1.82) is 0 Å².